The predicted molar refractivity (Wildman–Crippen MR) is 132 cm³/mol. The average Bonchev–Trinajstić information content (AvgIpc) is 3.26. The van der Waals surface area contributed by atoms with Gasteiger partial charge in [-0.2, -0.15) is 27.5 Å². The normalized spacial score (nSPS) is 11.6. The lowest BCUT2D eigenvalue weighted by molar-refractivity contribution is -0.140. The van der Waals surface area contributed by atoms with E-state index in [1.807, 2.05) is 0 Å². The first-order chi connectivity index (χ1) is 18.1. The van der Waals surface area contributed by atoms with Crippen LogP contribution in [-0.4, -0.2) is 30.3 Å². The fraction of sp³-hybridized carbons (Fsp3) is 0.120. The van der Waals surface area contributed by atoms with E-state index in [0.717, 1.165) is 16.5 Å². The van der Waals surface area contributed by atoms with Crippen LogP contribution < -0.4 is 15.6 Å². The SMILES string of the molecule is O=c1nc(Nc2ccc(Oc3cccc(F)n3)cc2)n(Cc2ccc(Cl)cc2)c2ncn(CC(F)(F)F)c12. The second-order valence-electron chi connectivity index (χ2n) is 8.16. The van der Waals surface area contributed by atoms with Crippen LogP contribution in [0.15, 0.2) is 77.9 Å². The number of hydrogen-bond acceptors (Lipinski definition) is 6. The molecule has 1 N–H and O–H groups in total. The van der Waals surface area contributed by atoms with Crippen LogP contribution in [-0.2, 0) is 13.1 Å². The molecule has 0 spiro atoms. The highest BCUT2D eigenvalue weighted by atomic mass is 35.5. The Kier molecular flexibility index (Phi) is 6.72. The van der Waals surface area contributed by atoms with Crippen LogP contribution in [0, 0.1) is 5.95 Å². The quantitative estimate of drug-likeness (QED) is 0.202. The number of halogens is 5. The van der Waals surface area contributed by atoms with E-state index in [2.05, 4.69) is 20.3 Å². The van der Waals surface area contributed by atoms with Gasteiger partial charge in [-0.25, -0.2) is 4.98 Å². The Bertz CT molecular complexity index is 1650. The summed E-state index contributed by atoms with van der Waals surface area (Å²) in [5, 5.41) is 3.53. The van der Waals surface area contributed by atoms with E-state index in [4.69, 9.17) is 16.3 Å². The minimum atomic E-state index is -4.55. The Labute approximate surface area is 217 Å². The zero-order valence-corrected chi connectivity index (χ0v) is 20.0. The molecule has 3 heterocycles. The molecule has 0 amide bonds. The van der Waals surface area contributed by atoms with Gasteiger partial charge in [0.1, 0.15) is 12.3 Å². The molecule has 0 unspecified atom stereocenters. The Hall–Kier alpha value is -4.45. The molecular formula is C25H17ClF4N6O2. The molecule has 3 aromatic heterocycles. The van der Waals surface area contributed by atoms with Crippen molar-refractivity contribution in [1.29, 1.82) is 0 Å². The van der Waals surface area contributed by atoms with E-state index in [1.54, 1.807) is 48.5 Å². The molecule has 5 aromatic rings. The van der Waals surface area contributed by atoms with Gasteiger partial charge in [-0.3, -0.25) is 9.36 Å². The number of fused-ring (bicyclic) bond motifs is 1. The van der Waals surface area contributed by atoms with Crippen molar-refractivity contribution in [2.75, 3.05) is 5.32 Å². The van der Waals surface area contributed by atoms with E-state index in [1.165, 1.54) is 22.8 Å². The highest BCUT2D eigenvalue weighted by Gasteiger charge is 2.30. The molecule has 13 heteroatoms. The molecule has 0 aliphatic rings. The minimum Gasteiger partial charge on any atom is -0.439 e. The molecular weight excluding hydrogens is 528 g/mol. The van der Waals surface area contributed by atoms with Gasteiger partial charge in [0, 0.05) is 16.8 Å². The minimum absolute atomic E-state index is 0.0313. The van der Waals surface area contributed by atoms with Crippen LogP contribution in [0.4, 0.5) is 29.2 Å². The maximum absolute atomic E-state index is 13.3. The van der Waals surface area contributed by atoms with Crippen LogP contribution in [0.25, 0.3) is 11.2 Å². The van der Waals surface area contributed by atoms with E-state index in [-0.39, 0.29) is 29.5 Å². The van der Waals surface area contributed by atoms with Crippen LogP contribution in [0.1, 0.15) is 5.56 Å². The Balaban J connectivity index is 1.50. The summed E-state index contributed by atoms with van der Waals surface area (Å²) >= 11 is 5.98. The summed E-state index contributed by atoms with van der Waals surface area (Å²) in [5.74, 6) is -0.167. The molecule has 0 bridgehead atoms. The molecule has 0 fully saturated rings. The number of imidazole rings is 1. The van der Waals surface area contributed by atoms with Gasteiger partial charge in [-0.1, -0.05) is 29.8 Å². The van der Waals surface area contributed by atoms with Crippen LogP contribution in [0.2, 0.25) is 5.02 Å². The van der Waals surface area contributed by atoms with Gasteiger partial charge < -0.3 is 14.6 Å². The number of anilines is 2. The first kappa shape index (κ1) is 25.2. The fourth-order valence-electron chi connectivity index (χ4n) is 3.73. The number of benzene rings is 2. The lowest BCUT2D eigenvalue weighted by Gasteiger charge is -2.16. The van der Waals surface area contributed by atoms with Crippen LogP contribution in [0.3, 0.4) is 0 Å². The second kappa shape index (κ2) is 10.1. The number of pyridine rings is 1. The van der Waals surface area contributed by atoms with E-state index in [0.29, 0.717) is 16.5 Å². The molecule has 8 nitrogen and oxygen atoms in total. The molecule has 0 saturated carbocycles. The van der Waals surface area contributed by atoms with Gasteiger partial charge >= 0.3 is 11.7 Å². The number of alkyl halides is 3. The maximum Gasteiger partial charge on any atom is 0.406 e. The van der Waals surface area contributed by atoms with E-state index in [9.17, 15) is 22.4 Å². The maximum atomic E-state index is 13.3. The van der Waals surface area contributed by atoms with Gasteiger partial charge in [0.05, 0.1) is 12.9 Å². The largest absolute Gasteiger partial charge is 0.439 e. The third-order valence-electron chi connectivity index (χ3n) is 5.37. The highest BCUT2D eigenvalue weighted by molar-refractivity contribution is 6.30. The fourth-order valence-corrected chi connectivity index (χ4v) is 3.86. The van der Waals surface area contributed by atoms with E-state index >= 15 is 0 Å². The highest BCUT2D eigenvalue weighted by Crippen LogP contribution is 2.26. The van der Waals surface area contributed by atoms with Crippen molar-refractivity contribution in [3.05, 3.63) is 99.9 Å². The summed E-state index contributed by atoms with van der Waals surface area (Å²) in [5.41, 5.74) is 0.141. The Morgan fingerprint density at radius 1 is 0.974 bits per heavy atom. The van der Waals surface area contributed by atoms with Gasteiger partial charge in [-0.05, 0) is 48.0 Å². The standard InChI is InChI=1S/C25H17ClF4N6O2/c26-16-6-4-15(5-7-16)12-36-22-21(35(14-31-22)13-25(28,29)30)23(37)34-24(36)32-17-8-10-18(11-9-17)38-20-3-1-2-19(27)33-20/h1-11,14H,12-13H2,(H,32,34,37). The number of nitrogens with zero attached hydrogens (tertiary/aromatic N) is 5. The Morgan fingerprint density at radius 2 is 1.71 bits per heavy atom. The van der Waals surface area contributed by atoms with Crippen molar-refractivity contribution < 1.29 is 22.3 Å². The first-order valence-electron chi connectivity index (χ1n) is 11.1. The lowest BCUT2D eigenvalue weighted by Crippen LogP contribution is -2.23. The van der Waals surface area contributed by atoms with E-state index < -0.39 is 24.2 Å². The van der Waals surface area contributed by atoms with Crippen molar-refractivity contribution in [3.8, 4) is 11.6 Å². The van der Waals surface area contributed by atoms with Gasteiger partial charge in [0.15, 0.2) is 11.2 Å². The van der Waals surface area contributed by atoms with Crippen LogP contribution >= 0.6 is 11.6 Å². The monoisotopic (exact) mass is 544 g/mol. The summed E-state index contributed by atoms with van der Waals surface area (Å²) in [4.78, 5) is 24.6. The van der Waals surface area contributed by atoms with Gasteiger partial charge in [0.25, 0.3) is 0 Å². The summed E-state index contributed by atoms with van der Waals surface area (Å²) < 4.78 is 60.3. The molecule has 5 rings (SSSR count). The summed E-state index contributed by atoms with van der Waals surface area (Å²) in [6.45, 7) is -1.24. The van der Waals surface area contributed by atoms with Crippen LogP contribution in [0.5, 0.6) is 11.6 Å². The van der Waals surface area contributed by atoms with Crippen molar-refractivity contribution in [1.82, 2.24) is 24.1 Å². The summed E-state index contributed by atoms with van der Waals surface area (Å²) in [6, 6.07) is 17.4. The van der Waals surface area contributed by atoms with Crippen molar-refractivity contribution in [2.45, 2.75) is 19.3 Å². The Morgan fingerprint density at radius 3 is 2.39 bits per heavy atom. The molecule has 0 saturated heterocycles. The number of ether oxygens (including phenoxy) is 1. The zero-order valence-electron chi connectivity index (χ0n) is 19.3. The second-order valence-corrected chi connectivity index (χ2v) is 8.60. The zero-order chi connectivity index (χ0) is 26.9. The third kappa shape index (κ3) is 5.75. The molecule has 2 aromatic carbocycles. The summed E-state index contributed by atoms with van der Waals surface area (Å²) in [6.07, 6.45) is -3.58. The molecule has 0 atom stereocenters. The van der Waals surface area contributed by atoms with Gasteiger partial charge in [-0.15, -0.1) is 0 Å². The smallest absolute Gasteiger partial charge is 0.406 e. The third-order valence-corrected chi connectivity index (χ3v) is 5.62. The number of nitrogens with one attached hydrogen (secondary N) is 1. The number of rotatable bonds is 7. The van der Waals surface area contributed by atoms with Gasteiger partial charge in [0.2, 0.25) is 17.8 Å². The number of aromatic nitrogens is 5. The topological polar surface area (TPSA) is 86.9 Å². The molecule has 0 aliphatic heterocycles. The number of hydrogen-bond donors (Lipinski definition) is 1. The van der Waals surface area contributed by atoms with Crippen molar-refractivity contribution >= 4 is 34.4 Å². The molecule has 0 aliphatic carbocycles. The predicted octanol–water partition coefficient (Wildman–Crippen LogP) is 5.93. The lowest BCUT2D eigenvalue weighted by atomic mass is 10.2. The van der Waals surface area contributed by atoms with Crippen molar-refractivity contribution in [2.24, 2.45) is 0 Å². The summed E-state index contributed by atoms with van der Waals surface area (Å²) in [7, 11) is 0. The van der Waals surface area contributed by atoms with Crippen molar-refractivity contribution in [3.63, 3.8) is 0 Å². The molecule has 38 heavy (non-hydrogen) atoms. The first-order valence-corrected chi connectivity index (χ1v) is 11.5. The molecule has 194 valence electrons. The average molecular weight is 545 g/mol. The molecule has 0 radical (unpaired) electrons.